The van der Waals surface area contributed by atoms with E-state index in [2.05, 4.69) is 5.32 Å². The quantitative estimate of drug-likeness (QED) is 0.625. The van der Waals surface area contributed by atoms with Crippen LogP contribution in [0.2, 0.25) is 0 Å². The minimum Gasteiger partial charge on any atom is -0.311 e. The largest absolute Gasteiger partial charge is 0.311 e. The minimum absolute atomic E-state index is 0.152. The Morgan fingerprint density at radius 3 is 2.90 bits per heavy atom. The smallest absolute Gasteiger partial charge is 0.115 e. The summed E-state index contributed by atoms with van der Waals surface area (Å²) < 4.78 is 13.0. The highest BCUT2D eigenvalue weighted by atomic mass is 19.1. The minimum atomic E-state index is -0.625. The Labute approximate surface area is 62.0 Å². The zero-order valence-corrected chi connectivity index (χ0v) is 6.57. The van der Waals surface area contributed by atoms with Crippen LogP contribution in [0.5, 0.6) is 0 Å². The highest BCUT2D eigenvalue weighted by molar-refractivity contribution is 4.78. The van der Waals surface area contributed by atoms with Crippen LogP contribution in [0.3, 0.4) is 0 Å². The molecule has 1 aliphatic rings. The molecule has 60 valence electrons. The number of hydrogen-bond acceptors (Lipinski definition) is 1. The normalized spacial score (nSPS) is 30.0. The molecule has 1 N–H and O–H groups in total. The number of nitrogens with one attached hydrogen (secondary N) is 1. The van der Waals surface area contributed by atoms with Crippen LogP contribution in [0, 0.1) is 0 Å². The Morgan fingerprint density at radius 2 is 2.40 bits per heavy atom. The third-order valence-corrected chi connectivity index (χ3v) is 2.18. The van der Waals surface area contributed by atoms with Crippen molar-refractivity contribution in [1.82, 2.24) is 5.32 Å². The van der Waals surface area contributed by atoms with E-state index in [1.807, 2.05) is 6.92 Å². The maximum atomic E-state index is 13.0. The van der Waals surface area contributed by atoms with Gasteiger partial charge in [0, 0.05) is 6.04 Å². The van der Waals surface area contributed by atoms with Crippen molar-refractivity contribution >= 4 is 0 Å². The van der Waals surface area contributed by atoms with Gasteiger partial charge in [0.2, 0.25) is 0 Å². The van der Waals surface area contributed by atoms with Gasteiger partial charge < -0.3 is 5.32 Å². The van der Waals surface area contributed by atoms with Crippen molar-refractivity contribution in [3.8, 4) is 0 Å². The van der Waals surface area contributed by atoms with E-state index >= 15 is 0 Å². The summed E-state index contributed by atoms with van der Waals surface area (Å²) in [6.45, 7) is 2.91. The Bertz CT molecular complexity index is 89.3. The Morgan fingerprint density at radius 1 is 1.60 bits per heavy atom. The number of piperidine rings is 1. The second-order valence-electron chi connectivity index (χ2n) is 2.98. The monoisotopic (exact) mass is 145 g/mol. The van der Waals surface area contributed by atoms with E-state index in [0.717, 1.165) is 13.0 Å². The van der Waals surface area contributed by atoms with Gasteiger partial charge in [-0.15, -0.1) is 0 Å². The molecule has 1 nitrogen and oxygen atoms in total. The fourth-order valence-electron chi connectivity index (χ4n) is 1.47. The number of rotatable bonds is 2. The molecule has 1 saturated heterocycles. The van der Waals surface area contributed by atoms with E-state index in [0.29, 0.717) is 6.42 Å². The third kappa shape index (κ3) is 1.94. The van der Waals surface area contributed by atoms with Crippen LogP contribution in [0.4, 0.5) is 4.39 Å². The SMILES string of the molecule is CCC(F)[C@@H]1CCCCN1. The van der Waals surface area contributed by atoms with Crippen LogP contribution < -0.4 is 5.32 Å². The molecule has 0 aromatic carbocycles. The lowest BCUT2D eigenvalue weighted by Crippen LogP contribution is -2.40. The fraction of sp³-hybridized carbons (Fsp3) is 1.00. The molecule has 2 atom stereocenters. The molecule has 1 unspecified atom stereocenters. The summed E-state index contributed by atoms with van der Waals surface area (Å²) in [6, 6.07) is 0.152. The van der Waals surface area contributed by atoms with Crippen molar-refractivity contribution < 1.29 is 4.39 Å². The maximum Gasteiger partial charge on any atom is 0.115 e. The van der Waals surface area contributed by atoms with Gasteiger partial charge in [-0.2, -0.15) is 0 Å². The van der Waals surface area contributed by atoms with Crippen molar-refractivity contribution in [3.63, 3.8) is 0 Å². The molecule has 2 heteroatoms. The summed E-state index contributed by atoms with van der Waals surface area (Å²) in [5.41, 5.74) is 0. The fourth-order valence-corrected chi connectivity index (χ4v) is 1.47. The van der Waals surface area contributed by atoms with Gasteiger partial charge in [0.15, 0.2) is 0 Å². The lowest BCUT2D eigenvalue weighted by molar-refractivity contribution is 0.212. The lowest BCUT2D eigenvalue weighted by Gasteiger charge is -2.25. The molecule has 0 amide bonds. The number of alkyl halides is 1. The Kier molecular flexibility index (Phi) is 3.13. The van der Waals surface area contributed by atoms with Gasteiger partial charge in [-0.25, -0.2) is 4.39 Å². The van der Waals surface area contributed by atoms with Crippen LogP contribution in [0.15, 0.2) is 0 Å². The van der Waals surface area contributed by atoms with Crippen molar-refractivity contribution in [3.05, 3.63) is 0 Å². The van der Waals surface area contributed by atoms with Crippen LogP contribution in [-0.2, 0) is 0 Å². The van der Waals surface area contributed by atoms with E-state index in [9.17, 15) is 4.39 Å². The molecule has 1 aliphatic heterocycles. The highest BCUT2D eigenvalue weighted by Crippen LogP contribution is 2.14. The molecule has 0 spiro atoms. The predicted octanol–water partition coefficient (Wildman–Crippen LogP) is 1.88. The molecule has 1 rings (SSSR count). The zero-order chi connectivity index (χ0) is 7.40. The van der Waals surface area contributed by atoms with Gasteiger partial charge in [0.1, 0.15) is 6.17 Å². The van der Waals surface area contributed by atoms with Crippen molar-refractivity contribution in [2.45, 2.75) is 44.8 Å². The topological polar surface area (TPSA) is 12.0 Å². The van der Waals surface area contributed by atoms with Gasteiger partial charge >= 0.3 is 0 Å². The van der Waals surface area contributed by atoms with E-state index in [-0.39, 0.29) is 6.04 Å². The molecule has 10 heavy (non-hydrogen) atoms. The Hall–Kier alpha value is -0.110. The first-order valence-electron chi connectivity index (χ1n) is 4.22. The van der Waals surface area contributed by atoms with Gasteiger partial charge in [-0.1, -0.05) is 13.3 Å². The van der Waals surface area contributed by atoms with Crippen LogP contribution in [0.1, 0.15) is 32.6 Å². The van der Waals surface area contributed by atoms with Gasteiger partial charge in [-0.3, -0.25) is 0 Å². The van der Waals surface area contributed by atoms with Gasteiger partial charge in [0.05, 0.1) is 0 Å². The summed E-state index contributed by atoms with van der Waals surface area (Å²) in [5.74, 6) is 0. The molecular weight excluding hydrogens is 129 g/mol. The summed E-state index contributed by atoms with van der Waals surface area (Å²) in [7, 11) is 0. The van der Waals surface area contributed by atoms with Crippen molar-refractivity contribution in [2.75, 3.05) is 6.54 Å². The molecule has 0 radical (unpaired) electrons. The maximum absolute atomic E-state index is 13.0. The summed E-state index contributed by atoms with van der Waals surface area (Å²) >= 11 is 0. The molecule has 0 aromatic rings. The highest BCUT2D eigenvalue weighted by Gasteiger charge is 2.20. The van der Waals surface area contributed by atoms with Crippen molar-refractivity contribution in [1.29, 1.82) is 0 Å². The first-order chi connectivity index (χ1) is 4.84. The number of hydrogen-bond donors (Lipinski definition) is 1. The standard InChI is InChI=1S/C8H16FN/c1-2-7(9)8-5-3-4-6-10-8/h7-8,10H,2-6H2,1H3/t7?,8-/m0/s1. The molecule has 0 aromatic heterocycles. The first kappa shape index (κ1) is 7.99. The second kappa shape index (κ2) is 3.91. The first-order valence-corrected chi connectivity index (χ1v) is 4.22. The second-order valence-corrected chi connectivity index (χ2v) is 2.98. The number of halogens is 1. The molecule has 1 heterocycles. The van der Waals surface area contributed by atoms with Gasteiger partial charge in [-0.05, 0) is 25.8 Å². The van der Waals surface area contributed by atoms with Crippen LogP contribution in [0.25, 0.3) is 0 Å². The average molecular weight is 145 g/mol. The van der Waals surface area contributed by atoms with E-state index in [1.54, 1.807) is 0 Å². The lowest BCUT2D eigenvalue weighted by atomic mass is 10.00. The molecule has 1 fully saturated rings. The zero-order valence-electron chi connectivity index (χ0n) is 6.57. The molecule has 0 saturated carbocycles. The third-order valence-electron chi connectivity index (χ3n) is 2.18. The Balaban J connectivity index is 2.24. The molecular formula is C8H16FN. The van der Waals surface area contributed by atoms with E-state index in [1.165, 1.54) is 12.8 Å². The predicted molar refractivity (Wildman–Crippen MR) is 40.8 cm³/mol. The van der Waals surface area contributed by atoms with Crippen molar-refractivity contribution in [2.24, 2.45) is 0 Å². The van der Waals surface area contributed by atoms with Crippen LogP contribution in [-0.4, -0.2) is 18.8 Å². The molecule has 0 aliphatic carbocycles. The summed E-state index contributed by atoms with van der Waals surface area (Å²) in [4.78, 5) is 0. The van der Waals surface area contributed by atoms with Crippen LogP contribution >= 0.6 is 0 Å². The van der Waals surface area contributed by atoms with E-state index < -0.39 is 6.17 Å². The van der Waals surface area contributed by atoms with Gasteiger partial charge in [0.25, 0.3) is 0 Å². The van der Waals surface area contributed by atoms with E-state index in [4.69, 9.17) is 0 Å². The summed E-state index contributed by atoms with van der Waals surface area (Å²) in [6.07, 6.45) is 3.46. The summed E-state index contributed by atoms with van der Waals surface area (Å²) in [5, 5.41) is 3.19. The average Bonchev–Trinajstić information content (AvgIpc) is 2.05. The molecule has 0 bridgehead atoms.